The Morgan fingerprint density at radius 3 is 2.17 bits per heavy atom. The Labute approximate surface area is 277 Å². The lowest BCUT2D eigenvalue weighted by molar-refractivity contribution is -0.139. The molecular weight excluding hydrogens is 622 g/mol. The third-order valence-corrected chi connectivity index (χ3v) is 10.2. The lowest BCUT2D eigenvalue weighted by atomic mass is 9.95. The van der Waals surface area contributed by atoms with E-state index in [-0.39, 0.29) is 40.6 Å². The highest BCUT2D eigenvalue weighted by Gasteiger charge is 2.35. The third kappa shape index (κ3) is 8.48. The zero-order valence-electron chi connectivity index (χ0n) is 27.9. The van der Waals surface area contributed by atoms with Crippen molar-refractivity contribution < 1.29 is 37.0 Å². The number of hydrogen-bond acceptors (Lipinski definition) is 8. The van der Waals surface area contributed by atoms with Crippen molar-refractivity contribution in [1.82, 2.24) is 10.2 Å². The van der Waals surface area contributed by atoms with Crippen molar-refractivity contribution in [2.75, 3.05) is 39.3 Å². The Hall–Kier alpha value is -4.45. The molecule has 1 aliphatic carbocycles. The van der Waals surface area contributed by atoms with E-state index in [1.807, 2.05) is 31.2 Å². The van der Waals surface area contributed by atoms with E-state index in [2.05, 4.69) is 5.32 Å². The molecule has 0 spiro atoms. The minimum Gasteiger partial charge on any atom is -0.497 e. The molecule has 1 aliphatic rings. The molecule has 1 fully saturated rings. The van der Waals surface area contributed by atoms with Gasteiger partial charge in [0.1, 0.15) is 24.1 Å². The Morgan fingerprint density at radius 1 is 0.851 bits per heavy atom. The first-order valence-corrected chi connectivity index (χ1v) is 17.1. The lowest BCUT2D eigenvalue weighted by Crippen LogP contribution is -2.53. The summed E-state index contributed by atoms with van der Waals surface area (Å²) in [5, 5.41) is 3.12. The molecule has 3 aromatic rings. The summed E-state index contributed by atoms with van der Waals surface area (Å²) in [5.41, 5.74) is 1.89. The smallest absolute Gasteiger partial charge is 0.265 e. The molecule has 3 aromatic carbocycles. The summed E-state index contributed by atoms with van der Waals surface area (Å²) >= 11 is 0. The molecule has 1 saturated carbocycles. The van der Waals surface area contributed by atoms with Gasteiger partial charge in [-0.1, -0.05) is 49.1 Å². The summed E-state index contributed by atoms with van der Waals surface area (Å²) < 4.78 is 51.6. The topological polar surface area (TPSA) is 124 Å². The lowest BCUT2D eigenvalue weighted by Gasteiger charge is -2.33. The standard InChI is InChI=1S/C35H45N3O8S/c1-24-11-10-12-26(19-24)22-37(25(2)35(40)36-27-13-8-7-9-14-27)34(39)23-38(30-20-28(43-3)15-17-31(30)44-4)47(41,42)29-16-18-32(45-5)33(21-29)46-6/h10-12,15-21,25,27H,7-9,13-14,22-23H2,1-6H3,(H,36,40)/t25-/m0/s1. The highest BCUT2D eigenvalue weighted by atomic mass is 32.2. The first-order valence-electron chi connectivity index (χ1n) is 15.6. The number of carbonyl (C=O) groups is 2. The molecule has 2 amide bonds. The predicted molar refractivity (Wildman–Crippen MR) is 180 cm³/mol. The summed E-state index contributed by atoms with van der Waals surface area (Å²) in [4.78, 5) is 29.3. The van der Waals surface area contributed by atoms with Crippen molar-refractivity contribution in [3.63, 3.8) is 0 Å². The van der Waals surface area contributed by atoms with Crippen LogP contribution in [-0.2, 0) is 26.2 Å². The third-order valence-electron chi connectivity index (χ3n) is 8.43. The van der Waals surface area contributed by atoms with E-state index in [4.69, 9.17) is 18.9 Å². The van der Waals surface area contributed by atoms with Gasteiger partial charge >= 0.3 is 0 Å². The van der Waals surface area contributed by atoms with Crippen LogP contribution in [0.1, 0.15) is 50.2 Å². The zero-order valence-corrected chi connectivity index (χ0v) is 28.8. The second-order valence-corrected chi connectivity index (χ2v) is 13.5. The Kier molecular flexibility index (Phi) is 12.0. The van der Waals surface area contributed by atoms with Gasteiger partial charge in [-0.2, -0.15) is 0 Å². The largest absolute Gasteiger partial charge is 0.497 e. The molecule has 0 unspecified atom stereocenters. The molecule has 1 N–H and O–H groups in total. The molecule has 0 aromatic heterocycles. The van der Waals surface area contributed by atoms with Gasteiger partial charge in [-0.3, -0.25) is 13.9 Å². The molecule has 0 radical (unpaired) electrons. The molecule has 12 heteroatoms. The Balaban J connectivity index is 1.78. The molecule has 254 valence electrons. The number of amides is 2. The molecule has 11 nitrogen and oxygen atoms in total. The molecule has 0 aliphatic heterocycles. The van der Waals surface area contributed by atoms with Gasteiger partial charge in [0, 0.05) is 24.7 Å². The Morgan fingerprint density at radius 2 is 1.53 bits per heavy atom. The monoisotopic (exact) mass is 667 g/mol. The van der Waals surface area contributed by atoms with Crippen LogP contribution in [-0.4, -0.2) is 72.2 Å². The number of carbonyl (C=O) groups excluding carboxylic acids is 2. The fourth-order valence-electron chi connectivity index (χ4n) is 5.77. The van der Waals surface area contributed by atoms with Crippen LogP contribution in [0.4, 0.5) is 5.69 Å². The van der Waals surface area contributed by atoms with Crippen molar-refractivity contribution in [3.8, 4) is 23.0 Å². The van der Waals surface area contributed by atoms with E-state index in [9.17, 15) is 18.0 Å². The van der Waals surface area contributed by atoms with E-state index >= 15 is 0 Å². The number of sulfonamides is 1. The van der Waals surface area contributed by atoms with Crippen molar-refractivity contribution in [2.24, 2.45) is 0 Å². The van der Waals surface area contributed by atoms with Gasteiger partial charge in [-0.05, 0) is 56.5 Å². The molecule has 0 saturated heterocycles. The van der Waals surface area contributed by atoms with Crippen molar-refractivity contribution in [2.45, 2.75) is 69.5 Å². The molecule has 47 heavy (non-hydrogen) atoms. The number of ether oxygens (including phenoxy) is 4. The fraction of sp³-hybridized carbons (Fsp3) is 0.429. The first-order chi connectivity index (χ1) is 22.5. The SMILES string of the molecule is COc1ccc(OC)c(N(CC(=O)N(Cc2cccc(C)c2)[C@@H](C)C(=O)NC2CCCCC2)S(=O)(=O)c2ccc(OC)c(OC)c2)c1. The van der Waals surface area contributed by atoms with Gasteiger partial charge in [-0.25, -0.2) is 8.42 Å². The highest BCUT2D eigenvalue weighted by molar-refractivity contribution is 7.92. The highest BCUT2D eigenvalue weighted by Crippen LogP contribution is 2.38. The maximum atomic E-state index is 14.5. The molecule has 1 atom stereocenters. The van der Waals surface area contributed by atoms with Crippen LogP contribution in [0.3, 0.4) is 0 Å². The minimum atomic E-state index is -4.43. The van der Waals surface area contributed by atoms with E-state index < -0.39 is 28.5 Å². The minimum absolute atomic E-state index is 0.0394. The van der Waals surface area contributed by atoms with Crippen LogP contribution in [0.25, 0.3) is 0 Å². The van der Waals surface area contributed by atoms with Crippen molar-refractivity contribution in [3.05, 3.63) is 71.8 Å². The van der Waals surface area contributed by atoms with Crippen molar-refractivity contribution in [1.29, 1.82) is 0 Å². The number of hydrogen-bond donors (Lipinski definition) is 1. The van der Waals surface area contributed by atoms with Crippen LogP contribution < -0.4 is 28.6 Å². The van der Waals surface area contributed by atoms with Crippen LogP contribution in [0.2, 0.25) is 0 Å². The van der Waals surface area contributed by atoms with Gasteiger partial charge in [0.15, 0.2) is 11.5 Å². The number of benzene rings is 3. The fourth-order valence-corrected chi connectivity index (χ4v) is 7.20. The number of methoxy groups -OCH3 is 4. The van der Waals surface area contributed by atoms with E-state index in [0.29, 0.717) is 11.5 Å². The maximum absolute atomic E-state index is 14.5. The van der Waals surface area contributed by atoms with Gasteiger partial charge < -0.3 is 29.2 Å². The first kappa shape index (κ1) is 35.4. The molecule has 0 bridgehead atoms. The summed E-state index contributed by atoms with van der Waals surface area (Å²) in [6, 6.07) is 15.7. The summed E-state index contributed by atoms with van der Waals surface area (Å²) in [7, 11) is 1.30. The van der Waals surface area contributed by atoms with E-state index in [0.717, 1.165) is 47.5 Å². The van der Waals surface area contributed by atoms with Crippen LogP contribution in [0, 0.1) is 6.92 Å². The van der Waals surface area contributed by atoms with Gasteiger partial charge in [0.2, 0.25) is 11.8 Å². The Bertz CT molecular complexity index is 1660. The van der Waals surface area contributed by atoms with Gasteiger partial charge in [0.05, 0.1) is 39.0 Å². The molecule has 4 rings (SSSR count). The number of rotatable bonds is 14. The van der Waals surface area contributed by atoms with Crippen molar-refractivity contribution >= 4 is 27.5 Å². The number of nitrogens with zero attached hydrogens (tertiary/aromatic N) is 2. The van der Waals surface area contributed by atoms with Crippen LogP contribution >= 0.6 is 0 Å². The summed E-state index contributed by atoms with van der Waals surface area (Å²) in [6.07, 6.45) is 4.99. The average molecular weight is 668 g/mol. The number of aryl methyl sites for hydroxylation is 1. The summed E-state index contributed by atoms with van der Waals surface area (Å²) in [5.74, 6) is 0.244. The van der Waals surface area contributed by atoms with Gasteiger partial charge in [0.25, 0.3) is 10.0 Å². The predicted octanol–water partition coefficient (Wildman–Crippen LogP) is 5.09. The molecule has 0 heterocycles. The van der Waals surface area contributed by atoms with Gasteiger partial charge in [-0.15, -0.1) is 0 Å². The van der Waals surface area contributed by atoms with Crippen LogP contribution in [0.5, 0.6) is 23.0 Å². The van der Waals surface area contributed by atoms with E-state index in [1.165, 1.54) is 57.6 Å². The normalized spacial score (nSPS) is 14.1. The second-order valence-electron chi connectivity index (χ2n) is 11.6. The maximum Gasteiger partial charge on any atom is 0.265 e. The quantitative estimate of drug-likeness (QED) is 0.252. The average Bonchev–Trinajstić information content (AvgIpc) is 3.08. The van der Waals surface area contributed by atoms with Crippen LogP contribution in [0.15, 0.2) is 65.6 Å². The second kappa shape index (κ2) is 15.9. The molecular formula is C35H45N3O8S. The number of anilines is 1. The zero-order chi connectivity index (χ0) is 34.1. The number of nitrogens with one attached hydrogen (secondary N) is 1. The van der Waals surface area contributed by atoms with E-state index in [1.54, 1.807) is 19.1 Å². The summed E-state index contributed by atoms with van der Waals surface area (Å²) in [6.45, 7) is 3.08.